The van der Waals surface area contributed by atoms with Crippen LogP contribution < -0.4 is 5.73 Å². The molecule has 0 saturated heterocycles. The number of nitrogens with zero attached hydrogens (tertiary/aromatic N) is 1. The minimum Gasteiger partial charge on any atom is -0.449 e. The summed E-state index contributed by atoms with van der Waals surface area (Å²) >= 11 is 0. The molecule has 0 spiro atoms. The van der Waals surface area contributed by atoms with Gasteiger partial charge in [0.2, 0.25) is 0 Å². The van der Waals surface area contributed by atoms with Crippen LogP contribution in [0.15, 0.2) is 10.7 Å². The van der Waals surface area contributed by atoms with E-state index in [1.807, 2.05) is 6.92 Å². The van der Waals surface area contributed by atoms with Gasteiger partial charge in [0.25, 0.3) is 0 Å². The number of hydrogen-bond donors (Lipinski definition) is 1. The molecule has 1 aliphatic carbocycles. The molecule has 1 aromatic heterocycles. The minimum atomic E-state index is 0.276. The van der Waals surface area contributed by atoms with Gasteiger partial charge in [0, 0.05) is 18.9 Å². The van der Waals surface area contributed by atoms with Crippen molar-refractivity contribution in [2.24, 2.45) is 5.73 Å². The molecule has 1 heterocycles. The molecule has 1 fully saturated rings. The highest BCUT2D eigenvalue weighted by atomic mass is 16.3. The van der Waals surface area contributed by atoms with Crippen LogP contribution in [0.2, 0.25) is 0 Å². The summed E-state index contributed by atoms with van der Waals surface area (Å²) in [7, 11) is 0. The number of oxazole rings is 1. The van der Waals surface area contributed by atoms with Crippen LogP contribution in [0.25, 0.3) is 0 Å². The molecule has 3 nitrogen and oxygen atoms in total. The molecule has 0 aliphatic heterocycles. The average Bonchev–Trinajstić information content (AvgIpc) is 2.53. The summed E-state index contributed by atoms with van der Waals surface area (Å²) in [6.07, 6.45) is 6.56. The molecule has 72 valence electrons. The standard InChI is InChI=1S/C10H16N2O/c1-7-12-10(6-13-7)8-4-2-3-5-9(8)11/h6,8-9H,2-5,11H2,1H3. The fraction of sp³-hybridized carbons (Fsp3) is 0.700. The van der Waals surface area contributed by atoms with Crippen LogP contribution in [0.4, 0.5) is 0 Å². The Hall–Kier alpha value is -0.830. The molecule has 0 bridgehead atoms. The van der Waals surface area contributed by atoms with Crippen molar-refractivity contribution in [3.8, 4) is 0 Å². The van der Waals surface area contributed by atoms with E-state index in [1.165, 1.54) is 12.8 Å². The topological polar surface area (TPSA) is 52.0 Å². The maximum atomic E-state index is 6.04. The highest BCUT2D eigenvalue weighted by molar-refractivity contribution is 5.08. The second-order valence-electron chi connectivity index (χ2n) is 3.85. The Kier molecular flexibility index (Phi) is 2.36. The van der Waals surface area contributed by atoms with Crippen LogP contribution in [-0.2, 0) is 0 Å². The number of rotatable bonds is 1. The molecule has 0 aromatic carbocycles. The van der Waals surface area contributed by atoms with Crippen LogP contribution in [0.3, 0.4) is 0 Å². The van der Waals surface area contributed by atoms with Crippen LogP contribution in [0, 0.1) is 6.92 Å². The number of nitrogens with two attached hydrogens (primary N) is 1. The number of hydrogen-bond acceptors (Lipinski definition) is 3. The van der Waals surface area contributed by atoms with E-state index in [0.29, 0.717) is 5.92 Å². The number of aromatic nitrogens is 1. The van der Waals surface area contributed by atoms with E-state index >= 15 is 0 Å². The largest absolute Gasteiger partial charge is 0.449 e. The first-order valence-electron chi connectivity index (χ1n) is 4.95. The average molecular weight is 180 g/mol. The summed E-state index contributed by atoms with van der Waals surface area (Å²) in [6.45, 7) is 1.87. The molecule has 1 saturated carbocycles. The van der Waals surface area contributed by atoms with E-state index in [2.05, 4.69) is 4.98 Å². The van der Waals surface area contributed by atoms with E-state index in [-0.39, 0.29) is 6.04 Å². The van der Waals surface area contributed by atoms with Gasteiger partial charge in [-0.3, -0.25) is 0 Å². The van der Waals surface area contributed by atoms with E-state index < -0.39 is 0 Å². The summed E-state index contributed by atoms with van der Waals surface area (Å²) in [4.78, 5) is 4.34. The van der Waals surface area contributed by atoms with Crippen LogP contribution >= 0.6 is 0 Å². The molecule has 2 N–H and O–H groups in total. The lowest BCUT2D eigenvalue weighted by Gasteiger charge is -2.26. The maximum absolute atomic E-state index is 6.04. The Morgan fingerprint density at radius 1 is 1.46 bits per heavy atom. The van der Waals surface area contributed by atoms with E-state index in [0.717, 1.165) is 24.4 Å². The van der Waals surface area contributed by atoms with Gasteiger partial charge in [-0.1, -0.05) is 12.8 Å². The van der Waals surface area contributed by atoms with E-state index in [4.69, 9.17) is 10.2 Å². The lowest BCUT2D eigenvalue weighted by molar-refractivity contribution is 0.379. The molecule has 3 heteroatoms. The van der Waals surface area contributed by atoms with Crippen LogP contribution in [0.5, 0.6) is 0 Å². The third-order valence-corrected chi connectivity index (χ3v) is 2.84. The SMILES string of the molecule is Cc1nc(C2CCCCC2N)co1. The Morgan fingerprint density at radius 2 is 2.23 bits per heavy atom. The highest BCUT2D eigenvalue weighted by Crippen LogP contribution is 2.31. The van der Waals surface area contributed by atoms with Crippen molar-refractivity contribution in [2.45, 2.75) is 44.6 Å². The van der Waals surface area contributed by atoms with Gasteiger partial charge in [-0.25, -0.2) is 4.98 Å². The second-order valence-corrected chi connectivity index (χ2v) is 3.85. The van der Waals surface area contributed by atoms with Gasteiger partial charge in [-0.15, -0.1) is 0 Å². The van der Waals surface area contributed by atoms with Crippen LogP contribution in [0.1, 0.15) is 43.2 Å². The van der Waals surface area contributed by atoms with Gasteiger partial charge in [0.15, 0.2) is 5.89 Å². The maximum Gasteiger partial charge on any atom is 0.191 e. The fourth-order valence-corrected chi connectivity index (χ4v) is 2.08. The monoisotopic (exact) mass is 180 g/mol. The quantitative estimate of drug-likeness (QED) is 0.718. The molecule has 1 aromatic rings. The Bertz CT molecular complexity index is 282. The predicted octanol–water partition coefficient (Wildman–Crippen LogP) is 1.97. The van der Waals surface area contributed by atoms with Crippen molar-refractivity contribution in [2.75, 3.05) is 0 Å². The van der Waals surface area contributed by atoms with Crippen molar-refractivity contribution in [1.29, 1.82) is 0 Å². The van der Waals surface area contributed by atoms with Crippen molar-refractivity contribution in [3.63, 3.8) is 0 Å². The van der Waals surface area contributed by atoms with Gasteiger partial charge >= 0.3 is 0 Å². The van der Waals surface area contributed by atoms with Crippen molar-refractivity contribution in [3.05, 3.63) is 17.8 Å². The summed E-state index contributed by atoms with van der Waals surface area (Å²) < 4.78 is 5.20. The first kappa shape index (κ1) is 8.75. The van der Waals surface area contributed by atoms with Gasteiger partial charge < -0.3 is 10.2 Å². The molecule has 2 unspecified atom stereocenters. The lowest BCUT2D eigenvalue weighted by Crippen LogP contribution is -2.31. The summed E-state index contributed by atoms with van der Waals surface area (Å²) in [5, 5.41) is 0. The summed E-state index contributed by atoms with van der Waals surface area (Å²) in [5.74, 6) is 1.17. The van der Waals surface area contributed by atoms with Gasteiger partial charge in [0.05, 0.1) is 5.69 Å². The molecule has 0 amide bonds. The Balaban J connectivity index is 2.14. The van der Waals surface area contributed by atoms with Crippen molar-refractivity contribution < 1.29 is 4.42 Å². The zero-order valence-electron chi connectivity index (χ0n) is 7.99. The molecular formula is C10H16N2O. The second kappa shape index (κ2) is 3.50. The third-order valence-electron chi connectivity index (χ3n) is 2.84. The predicted molar refractivity (Wildman–Crippen MR) is 50.4 cm³/mol. The van der Waals surface area contributed by atoms with Gasteiger partial charge in [-0.05, 0) is 12.8 Å². The molecular weight excluding hydrogens is 164 g/mol. The summed E-state index contributed by atoms with van der Waals surface area (Å²) in [5.41, 5.74) is 7.08. The molecule has 0 radical (unpaired) electrons. The first-order valence-corrected chi connectivity index (χ1v) is 4.95. The van der Waals surface area contributed by atoms with Gasteiger partial charge in [-0.2, -0.15) is 0 Å². The van der Waals surface area contributed by atoms with Crippen molar-refractivity contribution >= 4 is 0 Å². The number of aryl methyl sites for hydroxylation is 1. The van der Waals surface area contributed by atoms with Crippen LogP contribution in [-0.4, -0.2) is 11.0 Å². The lowest BCUT2D eigenvalue weighted by atomic mass is 9.83. The molecule has 2 atom stereocenters. The summed E-state index contributed by atoms with van der Waals surface area (Å²) in [6, 6.07) is 0.276. The molecule has 2 rings (SSSR count). The Labute approximate surface area is 78.3 Å². The smallest absolute Gasteiger partial charge is 0.191 e. The van der Waals surface area contributed by atoms with Crippen molar-refractivity contribution in [1.82, 2.24) is 4.98 Å². The molecule has 13 heavy (non-hydrogen) atoms. The normalized spacial score (nSPS) is 29.1. The highest BCUT2D eigenvalue weighted by Gasteiger charge is 2.25. The Morgan fingerprint density at radius 3 is 2.85 bits per heavy atom. The minimum absolute atomic E-state index is 0.276. The fourth-order valence-electron chi connectivity index (χ4n) is 2.08. The zero-order valence-corrected chi connectivity index (χ0v) is 7.99. The van der Waals surface area contributed by atoms with E-state index in [1.54, 1.807) is 6.26 Å². The van der Waals surface area contributed by atoms with Gasteiger partial charge in [0.1, 0.15) is 6.26 Å². The first-order chi connectivity index (χ1) is 6.27. The van der Waals surface area contributed by atoms with E-state index in [9.17, 15) is 0 Å². The zero-order chi connectivity index (χ0) is 9.26. The third kappa shape index (κ3) is 1.75. The molecule has 1 aliphatic rings.